The van der Waals surface area contributed by atoms with Crippen LogP contribution in [0.15, 0.2) is 42.5 Å². The van der Waals surface area contributed by atoms with Gasteiger partial charge in [0.25, 0.3) is 0 Å². The van der Waals surface area contributed by atoms with Gasteiger partial charge in [-0.25, -0.2) is 9.37 Å². The van der Waals surface area contributed by atoms with Gasteiger partial charge >= 0.3 is 0 Å². The third kappa shape index (κ3) is 3.97. The second-order valence-electron chi connectivity index (χ2n) is 6.72. The van der Waals surface area contributed by atoms with E-state index < -0.39 is 0 Å². The quantitative estimate of drug-likeness (QED) is 0.529. The molecule has 0 aliphatic rings. The van der Waals surface area contributed by atoms with Crippen LogP contribution in [0, 0.1) is 19.7 Å². The van der Waals surface area contributed by atoms with Crippen molar-refractivity contribution in [3.05, 3.63) is 65.1 Å². The molecular weight excluding hydrogens is 391 g/mol. The molecule has 2 aromatic carbocycles. The van der Waals surface area contributed by atoms with Gasteiger partial charge in [0.15, 0.2) is 0 Å². The number of hydrogen-bond acceptors (Lipinski definition) is 5. The molecule has 0 unspecified atom stereocenters. The van der Waals surface area contributed by atoms with Crippen molar-refractivity contribution >= 4 is 33.3 Å². The maximum Gasteiger partial charge on any atom is 0.229 e. The first-order valence-electron chi connectivity index (χ1n) is 8.99. The molecule has 0 aliphatic carbocycles. The van der Waals surface area contributed by atoms with E-state index in [1.165, 1.54) is 23.5 Å². The fourth-order valence-corrected chi connectivity index (χ4v) is 4.09. The number of halogens is 1. The lowest BCUT2D eigenvalue weighted by Gasteiger charge is -2.09. The number of carbonyl (C=O) groups is 1. The predicted octanol–water partition coefficient (Wildman–Crippen LogP) is 4.43. The van der Waals surface area contributed by atoms with Crippen molar-refractivity contribution in [2.75, 3.05) is 12.4 Å². The highest BCUT2D eigenvalue weighted by molar-refractivity contribution is 7.20. The smallest absolute Gasteiger partial charge is 0.229 e. The maximum atomic E-state index is 13.5. The fraction of sp³-hybridized carbons (Fsp3) is 0.190. The number of nitrogens with zero attached hydrogens (tertiary/aromatic N) is 3. The SMILES string of the molecule is COc1ccc(CC(=O)Nc2cc(C)nn2-c2nc3ccc(F)cc3s2)cc1C. The Bertz CT molecular complexity index is 1210. The Labute approximate surface area is 171 Å². The maximum absolute atomic E-state index is 13.5. The number of amides is 1. The van der Waals surface area contributed by atoms with Crippen LogP contribution in [0.2, 0.25) is 0 Å². The minimum Gasteiger partial charge on any atom is -0.496 e. The summed E-state index contributed by atoms with van der Waals surface area (Å²) >= 11 is 1.31. The van der Waals surface area contributed by atoms with Gasteiger partial charge in [0.05, 0.1) is 29.4 Å². The molecule has 0 fully saturated rings. The lowest BCUT2D eigenvalue weighted by atomic mass is 10.1. The summed E-state index contributed by atoms with van der Waals surface area (Å²) in [6, 6.07) is 11.9. The molecule has 1 N–H and O–H groups in total. The van der Waals surface area contributed by atoms with Crippen molar-refractivity contribution in [1.82, 2.24) is 14.8 Å². The van der Waals surface area contributed by atoms with Crippen molar-refractivity contribution < 1.29 is 13.9 Å². The molecule has 0 bridgehead atoms. The van der Waals surface area contributed by atoms with Gasteiger partial charge in [0.2, 0.25) is 11.0 Å². The lowest BCUT2D eigenvalue weighted by Crippen LogP contribution is -2.17. The number of aryl methyl sites for hydroxylation is 2. The van der Waals surface area contributed by atoms with Crippen LogP contribution in [0.4, 0.5) is 10.2 Å². The molecule has 0 saturated carbocycles. The number of nitrogens with one attached hydrogen (secondary N) is 1. The first-order valence-corrected chi connectivity index (χ1v) is 9.81. The monoisotopic (exact) mass is 410 g/mol. The van der Waals surface area contributed by atoms with Crippen molar-refractivity contribution in [3.63, 3.8) is 0 Å². The van der Waals surface area contributed by atoms with E-state index in [2.05, 4.69) is 15.4 Å². The molecule has 0 atom stereocenters. The third-order valence-electron chi connectivity index (χ3n) is 4.44. The molecule has 6 nitrogen and oxygen atoms in total. The van der Waals surface area contributed by atoms with Crippen LogP contribution in [-0.4, -0.2) is 27.8 Å². The highest BCUT2D eigenvalue weighted by Gasteiger charge is 2.15. The standard InChI is InChI=1S/C21H19FN4O2S/c1-12-8-14(4-7-17(12)28-3)10-20(27)24-19-9-13(2)25-26(19)21-23-16-6-5-15(22)11-18(16)29-21/h4-9,11H,10H2,1-3H3,(H,24,27). The highest BCUT2D eigenvalue weighted by Crippen LogP contribution is 2.28. The van der Waals surface area contributed by atoms with Crippen LogP contribution in [0.5, 0.6) is 5.75 Å². The van der Waals surface area contributed by atoms with Gasteiger partial charge in [-0.1, -0.05) is 23.5 Å². The van der Waals surface area contributed by atoms with Gasteiger partial charge < -0.3 is 10.1 Å². The van der Waals surface area contributed by atoms with Crippen molar-refractivity contribution in [2.24, 2.45) is 0 Å². The molecule has 2 aromatic heterocycles. The minimum absolute atomic E-state index is 0.164. The second kappa shape index (κ2) is 7.63. The Kier molecular flexibility index (Phi) is 5.02. The molecule has 0 aliphatic heterocycles. The number of aromatic nitrogens is 3. The number of rotatable bonds is 5. The summed E-state index contributed by atoms with van der Waals surface area (Å²) in [5.41, 5.74) is 3.29. The molecule has 8 heteroatoms. The van der Waals surface area contributed by atoms with Crippen LogP contribution >= 0.6 is 11.3 Å². The van der Waals surface area contributed by atoms with Gasteiger partial charge in [-0.3, -0.25) is 4.79 Å². The van der Waals surface area contributed by atoms with Gasteiger partial charge in [0, 0.05) is 6.07 Å². The Hall–Kier alpha value is -3.26. The van der Waals surface area contributed by atoms with Crippen LogP contribution in [-0.2, 0) is 11.2 Å². The highest BCUT2D eigenvalue weighted by atomic mass is 32.1. The van der Waals surface area contributed by atoms with Crippen molar-refractivity contribution in [2.45, 2.75) is 20.3 Å². The molecule has 2 heterocycles. The molecule has 148 valence electrons. The first-order chi connectivity index (χ1) is 13.9. The largest absolute Gasteiger partial charge is 0.496 e. The number of ether oxygens (including phenoxy) is 1. The van der Waals surface area contributed by atoms with E-state index >= 15 is 0 Å². The van der Waals surface area contributed by atoms with Crippen LogP contribution in [0.3, 0.4) is 0 Å². The Balaban J connectivity index is 1.57. The van der Waals surface area contributed by atoms with E-state index in [0.717, 1.165) is 27.3 Å². The minimum atomic E-state index is -0.312. The van der Waals surface area contributed by atoms with Gasteiger partial charge in [0.1, 0.15) is 17.4 Å². The summed E-state index contributed by atoms with van der Waals surface area (Å²) in [5.74, 6) is 0.836. The number of fused-ring (bicyclic) bond motifs is 1. The molecule has 0 radical (unpaired) electrons. The average Bonchev–Trinajstić information content (AvgIpc) is 3.24. The fourth-order valence-electron chi connectivity index (χ4n) is 3.13. The summed E-state index contributed by atoms with van der Waals surface area (Å²) in [5, 5.41) is 7.90. The average molecular weight is 410 g/mol. The van der Waals surface area contributed by atoms with Crippen LogP contribution < -0.4 is 10.1 Å². The molecule has 1 amide bonds. The summed E-state index contributed by atoms with van der Waals surface area (Å²) < 4.78 is 21.0. The zero-order chi connectivity index (χ0) is 20.5. The van der Waals surface area contributed by atoms with E-state index in [0.29, 0.717) is 16.5 Å². The van der Waals surface area contributed by atoms with Gasteiger partial charge in [-0.15, -0.1) is 0 Å². The molecule has 29 heavy (non-hydrogen) atoms. The van der Waals surface area contributed by atoms with E-state index in [1.54, 1.807) is 23.9 Å². The summed E-state index contributed by atoms with van der Waals surface area (Å²) in [7, 11) is 1.62. The van der Waals surface area contributed by atoms with Gasteiger partial charge in [-0.05, 0) is 49.2 Å². The Morgan fingerprint density at radius 3 is 2.79 bits per heavy atom. The summed E-state index contributed by atoms with van der Waals surface area (Å²) in [6.45, 7) is 3.78. The number of carbonyl (C=O) groups excluding carboxylic acids is 1. The lowest BCUT2D eigenvalue weighted by molar-refractivity contribution is -0.115. The molecule has 0 saturated heterocycles. The van der Waals surface area contributed by atoms with E-state index in [-0.39, 0.29) is 18.1 Å². The second-order valence-corrected chi connectivity index (χ2v) is 7.73. The number of benzene rings is 2. The van der Waals surface area contributed by atoms with Crippen LogP contribution in [0.25, 0.3) is 15.3 Å². The third-order valence-corrected chi connectivity index (χ3v) is 5.44. The number of methoxy groups -OCH3 is 1. The Morgan fingerprint density at radius 2 is 2.03 bits per heavy atom. The van der Waals surface area contributed by atoms with Crippen molar-refractivity contribution in [3.8, 4) is 10.9 Å². The molecular formula is C21H19FN4O2S. The van der Waals surface area contributed by atoms with Gasteiger partial charge in [-0.2, -0.15) is 9.78 Å². The predicted molar refractivity (Wildman–Crippen MR) is 112 cm³/mol. The zero-order valence-electron chi connectivity index (χ0n) is 16.2. The number of anilines is 1. The number of hydrogen-bond donors (Lipinski definition) is 1. The first kappa shape index (κ1) is 19.1. The van der Waals surface area contributed by atoms with E-state index in [9.17, 15) is 9.18 Å². The van der Waals surface area contributed by atoms with Crippen molar-refractivity contribution in [1.29, 1.82) is 0 Å². The normalized spacial score (nSPS) is 11.0. The summed E-state index contributed by atoms with van der Waals surface area (Å²) in [6.07, 6.45) is 0.222. The molecule has 4 aromatic rings. The molecule has 4 rings (SSSR count). The topological polar surface area (TPSA) is 69.0 Å². The number of thiazole rings is 1. The van der Waals surface area contributed by atoms with E-state index in [4.69, 9.17) is 4.74 Å². The molecule has 0 spiro atoms. The Morgan fingerprint density at radius 1 is 1.21 bits per heavy atom. The van der Waals surface area contributed by atoms with Crippen LogP contribution in [0.1, 0.15) is 16.8 Å². The zero-order valence-corrected chi connectivity index (χ0v) is 17.0. The van der Waals surface area contributed by atoms with E-state index in [1.807, 2.05) is 32.0 Å². The summed E-state index contributed by atoms with van der Waals surface area (Å²) in [4.78, 5) is 17.1.